The Bertz CT molecular complexity index is 908. The zero-order chi connectivity index (χ0) is 22.2. The first-order valence-electron chi connectivity index (χ1n) is 11.4. The first-order chi connectivity index (χ1) is 14.8. The third kappa shape index (κ3) is 2.48. The average Bonchev–Trinajstić information content (AvgIpc) is 3.01. The van der Waals surface area contributed by atoms with Crippen LogP contribution in [0.5, 0.6) is 5.75 Å². The molecule has 2 N–H and O–H groups in total. The van der Waals surface area contributed by atoms with Crippen LogP contribution in [0.4, 0.5) is 5.69 Å². The summed E-state index contributed by atoms with van der Waals surface area (Å²) >= 11 is 0. The molecule has 0 radical (unpaired) electrons. The Morgan fingerprint density at radius 3 is 2.74 bits per heavy atom. The van der Waals surface area contributed by atoms with Gasteiger partial charge in [0.05, 0.1) is 26.4 Å². The van der Waals surface area contributed by atoms with Gasteiger partial charge in [-0.3, -0.25) is 4.90 Å². The van der Waals surface area contributed by atoms with Gasteiger partial charge in [0.25, 0.3) is 0 Å². The quantitative estimate of drug-likeness (QED) is 0.706. The van der Waals surface area contributed by atoms with Crippen molar-refractivity contribution in [1.29, 1.82) is 0 Å². The van der Waals surface area contributed by atoms with Gasteiger partial charge in [-0.25, -0.2) is 4.79 Å². The summed E-state index contributed by atoms with van der Waals surface area (Å²) in [5.74, 6) is 0.183. The molecule has 170 valence electrons. The Balaban J connectivity index is 1.81. The Kier molecular flexibility index (Phi) is 4.64. The van der Waals surface area contributed by atoms with Crippen molar-refractivity contribution in [3.05, 3.63) is 23.8 Å². The fourth-order valence-electron chi connectivity index (χ4n) is 8.11. The lowest BCUT2D eigenvalue weighted by Gasteiger charge is -2.68. The van der Waals surface area contributed by atoms with Gasteiger partial charge >= 0.3 is 5.97 Å². The minimum absolute atomic E-state index is 0.147. The molecule has 31 heavy (non-hydrogen) atoms. The fraction of sp³-hybridized carbons (Fsp3) is 0.708. The summed E-state index contributed by atoms with van der Waals surface area (Å²) < 4.78 is 10.7. The number of nitrogens with zero attached hydrogens (tertiary/aromatic N) is 2. The summed E-state index contributed by atoms with van der Waals surface area (Å²) in [6.07, 6.45) is 3.06. The number of anilines is 1. The number of hydrogen-bond donors (Lipinski definition) is 2. The molecule has 3 fully saturated rings. The first-order valence-corrected chi connectivity index (χ1v) is 11.4. The first kappa shape index (κ1) is 21.0. The second-order valence-corrected chi connectivity index (χ2v) is 10.1. The lowest BCUT2D eigenvalue weighted by atomic mass is 9.45. The van der Waals surface area contributed by atoms with Gasteiger partial charge in [-0.2, -0.15) is 0 Å². The second kappa shape index (κ2) is 6.83. The molecule has 7 nitrogen and oxygen atoms in total. The van der Waals surface area contributed by atoms with Crippen molar-refractivity contribution in [2.45, 2.75) is 68.2 Å². The van der Waals surface area contributed by atoms with Gasteiger partial charge in [-0.1, -0.05) is 13.0 Å². The molecular formula is C24H34N2O5. The number of likely N-dealkylation sites (N-methyl/N-ethyl adjacent to an activating group) is 1. The van der Waals surface area contributed by atoms with Gasteiger partial charge in [0.15, 0.2) is 5.60 Å². The van der Waals surface area contributed by atoms with Crippen LogP contribution in [0.3, 0.4) is 0 Å². The molecule has 0 amide bonds. The van der Waals surface area contributed by atoms with E-state index >= 15 is 0 Å². The molecule has 1 saturated carbocycles. The Morgan fingerprint density at radius 1 is 1.29 bits per heavy atom. The number of hydrogen-bond acceptors (Lipinski definition) is 7. The van der Waals surface area contributed by atoms with E-state index in [0.29, 0.717) is 19.4 Å². The molecule has 3 aliphatic heterocycles. The lowest BCUT2D eigenvalue weighted by Crippen LogP contribution is -2.80. The number of esters is 1. The summed E-state index contributed by atoms with van der Waals surface area (Å²) in [5.41, 5.74) is -0.285. The predicted molar refractivity (Wildman–Crippen MR) is 116 cm³/mol. The second-order valence-electron chi connectivity index (χ2n) is 10.1. The van der Waals surface area contributed by atoms with Gasteiger partial charge in [0.1, 0.15) is 5.75 Å². The molecule has 2 saturated heterocycles. The molecule has 4 aliphatic rings. The number of aliphatic hydroxyl groups is 2. The van der Waals surface area contributed by atoms with Gasteiger partial charge in [0.2, 0.25) is 0 Å². The standard InChI is InChI=1S/C24H34N2O5/c1-5-22-12-15(27)13-26-10-6-9-23(19(22)26)17-8-7-16(30-3)11-18(17)25(2)20(23)24(29,14-22)21(28)31-4/h7-8,11,15,19-20,27,29H,5-6,9-10,12-14H2,1-4H3/t15-,19+,20+,22-,23+,24+/m0/s1. The smallest absolute Gasteiger partial charge is 0.340 e. The van der Waals surface area contributed by atoms with Crippen molar-refractivity contribution in [3.63, 3.8) is 0 Å². The van der Waals surface area contributed by atoms with E-state index in [0.717, 1.165) is 37.2 Å². The van der Waals surface area contributed by atoms with E-state index in [4.69, 9.17) is 9.47 Å². The normalized spacial score (nSPS) is 41.2. The van der Waals surface area contributed by atoms with E-state index in [1.807, 2.05) is 19.2 Å². The molecule has 1 aliphatic carbocycles. The van der Waals surface area contributed by atoms with E-state index in [-0.39, 0.29) is 11.5 Å². The zero-order valence-electron chi connectivity index (χ0n) is 18.9. The Morgan fingerprint density at radius 2 is 2.06 bits per heavy atom. The highest BCUT2D eigenvalue weighted by molar-refractivity contribution is 5.85. The molecule has 1 aromatic rings. The van der Waals surface area contributed by atoms with Crippen LogP contribution in [0.25, 0.3) is 0 Å². The van der Waals surface area contributed by atoms with Gasteiger partial charge in [0, 0.05) is 36.8 Å². The molecule has 6 atom stereocenters. The molecule has 1 spiro atoms. The van der Waals surface area contributed by atoms with Crippen LogP contribution < -0.4 is 9.64 Å². The number of fused-ring (bicyclic) bond motifs is 1. The highest BCUT2D eigenvalue weighted by atomic mass is 16.5. The van der Waals surface area contributed by atoms with Gasteiger partial charge < -0.3 is 24.6 Å². The third-order valence-corrected chi connectivity index (χ3v) is 8.83. The minimum atomic E-state index is -1.66. The van der Waals surface area contributed by atoms with E-state index in [1.165, 1.54) is 12.7 Å². The Labute approximate surface area is 183 Å². The highest BCUT2D eigenvalue weighted by Gasteiger charge is 2.75. The number of carbonyl (C=O) groups is 1. The number of rotatable bonds is 3. The summed E-state index contributed by atoms with van der Waals surface area (Å²) in [7, 11) is 4.98. The van der Waals surface area contributed by atoms with Crippen LogP contribution in [-0.2, 0) is 14.9 Å². The third-order valence-electron chi connectivity index (χ3n) is 8.83. The molecule has 7 heteroatoms. The monoisotopic (exact) mass is 430 g/mol. The zero-order valence-corrected chi connectivity index (χ0v) is 18.9. The van der Waals surface area contributed by atoms with Crippen molar-refractivity contribution >= 4 is 11.7 Å². The van der Waals surface area contributed by atoms with Crippen LogP contribution in [0.15, 0.2) is 18.2 Å². The maximum absolute atomic E-state index is 13.2. The van der Waals surface area contributed by atoms with Crippen molar-refractivity contribution in [2.75, 3.05) is 39.3 Å². The van der Waals surface area contributed by atoms with Gasteiger partial charge in [-0.15, -0.1) is 0 Å². The molecule has 3 heterocycles. The van der Waals surface area contributed by atoms with Crippen molar-refractivity contribution in [1.82, 2.24) is 4.90 Å². The largest absolute Gasteiger partial charge is 0.497 e. The summed E-state index contributed by atoms with van der Waals surface area (Å²) in [5, 5.41) is 23.0. The highest BCUT2D eigenvalue weighted by Crippen LogP contribution is 2.66. The van der Waals surface area contributed by atoms with Crippen LogP contribution in [0.1, 0.15) is 44.6 Å². The minimum Gasteiger partial charge on any atom is -0.497 e. The number of ether oxygens (including phenoxy) is 2. The predicted octanol–water partition coefficient (Wildman–Crippen LogP) is 1.68. The summed E-state index contributed by atoms with van der Waals surface area (Å²) in [4.78, 5) is 17.8. The number of methoxy groups -OCH3 is 2. The lowest BCUT2D eigenvalue weighted by molar-refractivity contribution is -0.210. The van der Waals surface area contributed by atoms with Gasteiger partial charge in [-0.05, 0) is 55.7 Å². The molecule has 0 aromatic heterocycles. The average molecular weight is 431 g/mol. The molecular weight excluding hydrogens is 396 g/mol. The van der Waals surface area contributed by atoms with E-state index in [9.17, 15) is 15.0 Å². The maximum Gasteiger partial charge on any atom is 0.340 e. The van der Waals surface area contributed by atoms with E-state index in [1.54, 1.807) is 7.11 Å². The van der Waals surface area contributed by atoms with E-state index in [2.05, 4.69) is 22.8 Å². The SMILES string of the molecule is CC[C@]12C[C@H](O)CN3CCC[C@@]4(c5ccc(OC)cc5N(C)[C@H]4[C@@](O)(C(=O)OC)C1)[C@H]32. The molecule has 1 aromatic carbocycles. The maximum atomic E-state index is 13.2. The number of piperidine rings is 2. The number of benzene rings is 1. The van der Waals surface area contributed by atoms with Crippen LogP contribution in [0.2, 0.25) is 0 Å². The van der Waals surface area contributed by atoms with Crippen LogP contribution in [0, 0.1) is 5.41 Å². The fourth-order valence-corrected chi connectivity index (χ4v) is 8.11. The van der Waals surface area contributed by atoms with Crippen LogP contribution in [-0.4, -0.2) is 79.2 Å². The Hall–Kier alpha value is -1.83. The summed E-state index contributed by atoms with van der Waals surface area (Å²) in [6, 6.07) is 5.85. The van der Waals surface area contributed by atoms with E-state index < -0.39 is 29.1 Å². The van der Waals surface area contributed by atoms with Crippen molar-refractivity contribution in [2.24, 2.45) is 5.41 Å². The summed E-state index contributed by atoms with van der Waals surface area (Å²) in [6.45, 7) is 3.71. The van der Waals surface area contributed by atoms with Crippen molar-refractivity contribution < 1.29 is 24.5 Å². The number of aliphatic hydroxyl groups excluding tert-OH is 1. The molecule has 0 unspecified atom stereocenters. The van der Waals surface area contributed by atoms with Crippen LogP contribution >= 0.6 is 0 Å². The number of carbonyl (C=O) groups excluding carboxylic acids is 1. The molecule has 5 rings (SSSR count). The topological polar surface area (TPSA) is 82.5 Å². The molecule has 0 bridgehead atoms. The van der Waals surface area contributed by atoms with Crippen molar-refractivity contribution in [3.8, 4) is 5.75 Å².